The zero-order valence-electron chi connectivity index (χ0n) is 11.6. The van der Waals surface area contributed by atoms with Gasteiger partial charge in [-0.3, -0.25) is 0 Å². The van der Waals surface area contributed by atoms with Gasteiger partial charge in [0.15, 0.2) is 0 Å². The van der Waals surface area contributed by atoms with Gasteiger partial charge in [-0.2, -0.15) is 0 Å². The van der Waals surface area contributed by atoms with Gasteiger partial charge in [0.1, 0.15) is 0 Å². The lowest BCUT2D eigenvalue weighted by Crippen LogP contribution is -2.18. The molecule has 0 spiro atoms. The Morgan fingerprint density at radius 3 is 2.81 bits per heavy atom. The Morgan fingerprint density at radius 1 is 1.24 bits per heavy atom. The second kappa shape index (κ2) is 6.49. The summed E-state index contributed by atoms with van der Waals surface area (Å²) in [6, 6.07) is 15.0. The maximum absolute atomic E-state index is 6.22. The number of nitrogens with one attached hydrogen (secondary N) is 1. The van der Waals surface area contributed by atoms with E-state index in [2.05, 4.69) is 57.0 Å². The molecule has 1 atom stereocenters. The van der Waals surface area contributed by atoms with Crippen molar-refractivity contribution in [3.8, 4) is 0 Å². The molecule has 1 heterocycles. The first kappa shape index (κ1) is 15.0. The van der Waals surface area contributed by atoms with Gasteiger partial charge in [-0.25, -0.2) is 0 Å². The summed E-state index contributed by atoms with van der Waals surface area (Å²) < 4.78 is 2.28. The van der Waals surface area contributed by atoms with Crippen molar-refractivity contribution in [2.75, 3.05) is 7.05 Å². The molecule has 1 N–H and O–H groups in total. The van der Waals surface area contributed by atoms with Gasteiger partial charge in [-0.1, -0.05) is 35.9 Å². The fraction of sp³-hybridized carbons (Fsp3) is 0.176. The zero-order valence-corrected chi connectivity index (χ0v) is 14.7. The molecule has 1 nitrogen and oxygen atoms in total. The van der Waals surface area contributed by atoms with Gasteiger partial charge in [0.05, 0.1) is 5.02 Å². The minimum atomic E-state index is 0.258. The number of benzene rings is 2. The third kappa shape index (κ3) is 3.16. The smallest absolute Gasteiger partial charge is 0.0551 e. The topological polar surface area (TPSA) is 12.0 Å². The van der Waals surface area contributed by atoms with Gasteiger partial charge in [0.2, 0.25) is 0 Å². The second-order valence-corrected chi connectivity index (χ2v) is 7.15. The zero-order chi connectivity index (χ0) is 14.8. The van der Waals surface area contributed by atoms with Crippen molar-refractivity contribution in [1.29, 1.82) is 0 Å². The molecular weight excluding hydrogens is 366 g/mol. The average Bonchev–Trinajstić information content (AvgIpc) is 2.91. The van der Waals surface area contributed by atoms with Crippen LogP contribution in [0.5, 0.6) is 0 Å². The number of halogens is 2. The second-order valence-electron chi connectivity index (χ2n) is 4.98. The maximum Gasteiger partial charge on any atom is 0.0551 e. The molecule has 0 saturated heterocycles. The van der Waals surface area contributed by atoms with Gasteiger partial charge < -0.3 is 5.32 Å². The van der Waals surface area contributed by atoms with E-state index in [1.54, 1.807) is 11.3 Å². The SMILES string of the molecule is CNC(Cc1csc2ccccc12)c1ccc(Br)c(Cl)c1. The standard InChI is InChI=1S/C17H15BrClNS/c1-20-16(11-6-7-14(18)15(19)8-11)9-12-10-21-17-5-3-2-4-13(12)17/h2-8,10,16,20H,9H2,1H3. The number of fused-ring (bicyclic) bond motifs is 1. The van der Waals surface area contributed by atoms with E-state index in [9.17, 15) is 0 Å². The molecule has 0 fully saturated rings. The molecule has 0 saturated carbocycles. The fourth-order valence-electron chi connectivity index (χ4n) is 2.53. The highest BCUT2D eigenvalue weighted by Crippen LogP contribution is 2.31. The van der Waals surface area contributed by atoms with Gasteiger partial charge >= 0.3 is 0 Å². The molecule has 108 valence electrons. The highest BCUT2D eigenvalue weighted by Gasteiger charge is 2.14. The number of likely N-dealkylation sites (N-methyl/N-ethyl adjacent to an activating group) is 1. The van der Waals surface area contributed by atoms with Crippen molar-refractivity contribution in [3.05, 3.63) is 68.5 Å². The van der Waals surface area contributed by atoms with E-state index in [0.717, 1.165) is 15.9 Å². The van der Waals surface area contributed by atoms with E-state index in [0.29, 0.717) is 0 Å². The summed E-state index contributed by atoms with van der Waals surface area (Å²) in [5, 5.41) is 7.76. The Balaban J connectivity index is 1.92. The molecule has 0 amide bonds. The summed E-state index contributed by atoms with van der Waals surface area (Å²) in [5.74, 6) is 0. The third-order valence-corrected chi connectivity index (χ3v) is 5.92. The van der Waals surface area contributed by atoms with Crippen LogP contribution >= 0.6 is 38.9 Å². The lowest BCUT2D eigenvalue weighted by molar-refractivity contribution is 0.594. The third-order valence-electron chi connectivity index (χ3n) is 3.68. The number of hydrogen-bond acceptors (Lipinski definition) is 2. The Kier molecular flexibility index (Phi) is 4.65. The van der Waals surface area contributed by atoms with Gasteiger partial charge in [-0.05, 0) is 69.5 Å². The Labute approximate surface area is 142 Å². The molecule has 21 heavy (non-hydrogen) atoms. The highest BCUT2D eigenvalue weighted by molar-refractivity contribution is 9.10. The first-order valence-corrected chi connectivity index (χ1v) is 8.81. The molecule has 0 radical (unpaired) electrons. The van der Waals surface area contributed by atoms with Crippen molar-refractivity contribution in [2.24, 2.45) is 0 Å². The van der Waals surface area contributed by atoms with Crippen molar-refractivity contribution in [3.63, 3.8) is 0 Å². The maximum atomic E-state index is 6.22. The molecule has 0 aliphatic carbocycles. The van der Waals surface area contributed by atoms with Gasteiger partial charge in [0.25, 0.3) is 0 Å². The van der Waals surface area contributed by atoms with Gasteiger partial charge in [-0.15, -0.1) is 11.3 Å². The van der Waals surface area contributed by atoms with Crippen molar-refractivity contribution < 1.29 is 0 Å². The molecule has 1 unspecified atom stereocenters. The molecule has 3 aromatic rings. The van der Waals surface area contributed by atoms with Crippen LogP contribution in [0.25, 0.3) is 10.1 Å². The predicted octanol–water partition coefficient (Wildman–Crippen LogP) is 5.82. The van der Waals surface area contributed by atoms with Crippen LogP contribution in [0.2, 0.25) is 5.02 Å². The van der Waals surface area contributed by atoms with E-state index in [1.165, 1.54) is 21.2 Å². The molecule has 2 aromatic carbocycles. The minimum Gasteiger partial charge on any atom is -0.313 e. The van der Waals surface area contributed by atoms with Crippen LogP contribution in [-0.2, 0) is 6.42 Å². The Bertz CT molecular complexity index is 768. The van der Waals surface area contributed by atoms with Crippen molar-refractivity contribution >= 4 is 49.0 Å². The fourth-order valence-corrected chi connectivity index (χ4v) is 3.94. The van der Waals surface area contributed by atoms with Crippen LogP contribution in [0.3, 0.4) is 0 Å². The lowest BCUT2D eigenvalue weighted by atomic mass is 9.99. The molecular formula is C17H15BrClNS. The summed E-state index contributed by atoms with van der Waals surface area (Å²) in [4.78, 5) is 0. The molecule has 1 aromatic heterocycles. The molecule has 0 aliphatic heterocycles. The highest BCUT2D eigenvalue weighted by atomic mass is 79.9. The quantitative estimate of drug-likeness (QED) is 0.601. The van der Waals surface area contributed by atoms with E-state index in [4.69, 9.17) is 11.6 Å². The summed E-state index contributed by atoms with van der Waals surface area (Å²) in [5.41, 5.74) is 2.59. The monoisotopic (exact) mass is 379 g/mol. The van der Waals surface area contributed by atoms with Crippen LogP contribution in [0.4, 0.5) is 0 Å². The lowest BCUT2D eigenvalue weighted by Gasteiger charge is -2.17. The van der Waals surface area contributed by atoms with Crippen molar-refractivity contribution in [2.45, 2.75) is 12.5 Å². The van der Waals surface area contributed by atoms with Crippen molar-refractivity contribution in [1.82, 2.24) is 5.32 Å². The summed E-state index contributed by atoms with van der Waals surface area (Å²) in [6.45, 7) is 0. The first-order valence-electron chi connectivity index (χ1n) is 6.76. The number of hydrogen-bond donors (Lipinski definition) is 1. The predicted molar refractivity (Wildman–Crippen MR) is 96.5 cm³/mol. The minimum absolute atomic E-state index is 0.258. The van der Waals surface area contributed by atoms with Gasteiger partial charge in [0, 0.05) is 15.2 Å². The van der Waals surface area contributed by atoms with Crippen LogP contribution < -0.4 is 5.32 Å². The van der Waals surface area contributed by atoms with Crippen LogP contribution in [0.15, 0.2) is 52.3 Å². The average molecular weight is 381 g/mol. The Hall–Kier alpha value is -0.870. The van der Waals surface area contributed by atoms with Crippen LogP contribution in [0.1, 0.15) is 17.2 Å². The Morgan fingerprint density at radius 2 is 2.05 bits per heavy atom. The first-order chi connectivity index (χ1) is 10.2. The summed E-state index contributed by atoms with van der Waals surface area (Å²) in [6.07, 6.45) is 0.957. The number of thiophene rings is 1. The molecule has 4 heteroatoms. The molecule has 0 bridgehead atoms. The van der Waals surface area contributed by atoms with Crippen LogP contribution in [-0.4, -0.2) is 7.05 Å². The van der Waals surface area contributed by atoms with E-state index >= 15 is 0 Å². The summed E-state index contributed by atoms with van der Waals surface area (Å²) >= 11 is 11.5. The molecule has 0 aliphatic rings. The van der Waals surface area contributed by atoms with E-state index < -0.39 is 0 Å². The van der Waals surface area contributed by atoms with E-state index in [1.807, 2.05) is 19.2 Å². The molecule has 3 rings (SSSR count). The summed E-state index contributed by atoms with van der Waals surface area (Å²) in [7, 11) is 2.00. The van der Waals surface area contributed by atoms with E-state index in [-0.39, 0.29) is 6.04 Å². The van der Waals surface area contributed by atoms with Crippen LogP contribution in [0, 0.1) is 0 Å². The largest absolute Gasteiger partial charge is 0.313 e. The number of rotatable bonds is 4. The normalized spacial score (nSPS) is 12.7.